The highest BCUT2D eigenvalue weighted by atomic mass is 32.1. The number of nitrogens with zero attached hydrogens (tertiary/aromatic N) is 2. The predicted octanol–water partition coefficient (Wildman–Crippen LogP) is 3.09. The summed E-state index contributed by atoms with van der Waals surface area (Å²) in [5.41, 5.74) is 1.63. The van der Waals surface area contributed by atoms with Crippen LogP contribution in [-0.4, -0.2) is 29.1 Å². The second-order valence-corrected chi connectivity index (χ2v) is 6.61. The number of rotatable bonds is 5. The van der Waals surface area contributed by atoms with E-state index in [2.05, 4.69) is 10.4 Å². The minimum absolute atomic E-state index is 0.106. The Labute approximate surface area is 149 Å². The number of carbonyl (C=O) groups excluding carboxylic acids is 2. The van der Waals surface area contributed by atoms with Crippen LogP contribution in [0.3, 0.4) is 0 Å². The summed E-state index contributed by atoms with van der Waals surface area (Å²) in [5.74, 6) is -0.801. The molecule has 25 heavy (non-hydrogen) atoms. The van der Waals surface area contributed by atoms with E-state index in [0.29, 0.717) is 12.8 Å². The number of thiophene rings is 1. The fourth-order valence-electron chi connectivity index (χ4n) is 2.66. The molecule has 130 valence electrons. The van der Waals surface area contributed by atoms with Crippen LogP contribution in [-0.2, 0) is 9.59 Å². The van der Waals surface area contributed by atoms with E-state index in [1.54, 1.807) is 30.4 Å². The maximum Gasteiger partial charge on any atom is 0.262 e. The number of amides is 2. The van der Waals surface area contributed by atoms with Gasteiger partial charge in [-0.3, -0.25) is 9.59 Å². The van der Waals surface area contributed by atoms with Gasteiger partial charge in [-0.05, 0) is 29.1 Å². The average Bonchev–Trinajstić information content (AvgIpc) is 3.29. The predicted molar refractivity (Wildman–Crippen MR) is 94.8 cm³/mol. The molecule has 2 heterocycles. The first-order valence-corrected chi connectivity index (χ1v) is 8.92. The minimum Gasteiger partial charge on any atom is -0.347 e. The molecule has 5 nitrogen and oxygen atoms in total. The summed E-state index contributed by atoms with van der Waals surface area (Å²) < 4.78 is 13.2. The Morgan fingerprint density at radius 2 is 2.08 bits per heavy atom. The van der Waals surface area contributed by atoms with Gasteiger partial charge >= 0.3 is 0 Å². The molecule has 1 N–H and O–H groups in total. The summed E-state index contributed by atoms with van der Waals surface area (Å²) in [6, 6.07) is 9.67. The van der Waals surface area contributed by atoms with Crippen LogP contribution in [0.15, 0.2) is 46.9 Å². The topological polar surface area (TPSA) is 61.8 Å². The van der Waals surface area contributed by atoms with E-state index >= 15 is 0 Å². The molecule has 0 saturated carbocycles. The fourth-order valence-corrected chi connectivity index (χ4v) is 3.38. The van der Waals surface area contributed by atoms with Crippen LogP contribution in [0.5, 0.6) is 0 Å². The van der Waals surface area contributed by atoms with Crippen LogP contribution < -0.4 is 5.32 Å². The fraction of sp³-hybridized carbons (Fsp3) is 0.278. The lowest BCUT2D eigenvalue weighted by molar-refractivity contribution is -0.134. The molecule has 7 heteroatoms. The molecule has 1 aliphatic heterocycles. The molecule has 0 radical (unpaired) electrons. The zero-order chi connectivity index (χ0) is 17.8. The van der Waals surface area contributed by atoms with Crippen LogP contribution >= 0.6 is 11.3 Å². The number of halogens is 1. The largest absolute Gasteiger partial charge is 0.347 e. The van der Waals surface area contributed by atoms with E-state index in [1.807, 2.05) is 17.5 Å². The second kappa shape index (κ2) is 7.57. The molecule has 3 rings (SSSR count). The van der Waals surface area contributed by atoms with Crippen LogP contribution in [0, 0.1) is 5.82 Å². The molecule has 1 aromatic heterocycles. The number of hydrogen-bond acceptors (Lipinski definition) is 4. The molecular formula is C18H18FN3O2S. The number of hydrogen-bond donors (Lipinski definition) is 1. The van der Waals surface area contributed by atoms with Crippen molar-refractivity contribution in [2.24, 2.45) is 5.10 Å². The first-order valence-electron chi connectivity index (χ1n) is 8.04. The van der Waals surface area contributed by atoms with Crippen LogP contribution in [0.25, 0.3) is 0 Å². The van der Waals surface area contributed by atoms with E-state index in [9.17, 15) is 14.0 Å². The van der Waals surface area contributed by atoms with Crippen molar-refractivity contribution in [3.05, 3.63) is 58.0 Å². The third-order valence-corrected chi connectivity index (χ3v) is 4.90. The highest BCUT2D eigenvalue weighted by Crippen LogP contribution is 2.33. The summed E-state index contributed by atoms with van der Waals surface area (Å²) in [5, 5.41) is 10.4. The third-order valence-electron chi connectivity index (χ3n) is 3.98. The van der Waals surface area contributed by atoms with E-state index in [-0.39, 0.29) is 30.2 Å². The first-order chi connectivity index (χ1) is 12.1. The maximum absolute atomic E-state index is 13.2. The smallest absolute Gasteiger partial charge is 0.262 e. The standard InChI is InChI=1S/C18H18FN3O2S/c1-2-17(23)20-11-18(24)22-15(12-5-7-13(19)8-6-12)10-14(21-22)16-4-3-9-25-16/h3-9,15H,2,10-11H2,1H3,(H,20,23)/t15-/m1/s1. The molecule has 0 bridgehead atoms. The molecule has 2 amide bonds. The zero-order valence-corrected chi connectivity index (χ0v) is 14.6. The molecule has 1 aliphatic rings. The van der Waals surface area contributed by atoms with Gasteiger partial charge in [-0.2, -0.15) is 5.10 Å². The SMILES string of the molecule is CCC(=O)NCC(=O)N1N=C(c2cccs2)C[C@@H]1c1ccc(F)cc1. The van der Waals surface area contributed by atoms with Gasteiger partial charge in [0.15, 0.2) is 0 Å². The Morgan fingerprint density at radius 3 is 2.72 bits per heavy atom. The van der Waals surface area contributed by atoms with E-state index in [1.165, 1.54) is 17.1 Å². The van der Waals surface area contributed by atoms with E-state index in [4.69, 9.17) is 0 Å². The highest BCUT2D eigenvalue weighted by molar-refractivity contribution is 7.12. The van der Waals surface area contributed by atoms with Gasteiger partial charge in [0, 0.05) is 12.8 Å². The number of benzene rings is 1. The Bertz CT molecular complexity index is 787. The number of hydrazone groups is 1. The molecule has 1 atom stereocenters. The normalized spacial score (nSPS) is 16.6. The van der Waals surface area contributed by atoms with Gasteiger partial charge in [-0.1, -0.05) is 25.1 Å². The summed E-state index contributed by atoms with van der Waals surface area (Å²) in [6.45, 7) is 1.62. The Hall–Kier alpha value is -2.54. The monoisotopic (exact) mass is 359 g/mol. The Morgan fingerprint density at radius 1 is 1.32 bits per heavy atom. The second-order valence-electron chi connectivity index (χ2n) is 5.66. The molecule has 1 aromatic carbocycles. The molecule has 0 unspecified atom stereocenters. The van der Waals surface area contributed by atoms with Gasteiger partial charge in [0.05, 0.1) is 23.2 Å². The van der Waals surface area contributed by atoms with E-state index < -0.39 is 0 Å². The highest BCUT2D eigenvalue weighted by Gasteiger charge is 2.33. The Kier molecular flexibility index (Phi) is 5.23. The quantitative estimate of drug-likeness (QED) is 0.892. The lowest BCUT2D eigenvalue weighted by Gasteiger charge is -2.22. The van der Waals surface area contributed by atoms with Crippen molar-refractivity contribution in [2.45, 2.75) is 25.8 Å². The third kappa shape index (κ3) is 3.93. The molecule has 0 fully saturated rings. The van der Waals surface area contributed by atoms with Crippen molar-refractivity contribution in [3.63, 3.8) is 0 Å². The van der Waals surface area contributed by atoms with Crippen molar-refractivity contribution in [1.29, 1.82) is 0 Å². The van der Waals surface area contributed by atoms with Crippen molar-refractivity contribution in [2.75, 3.05) is 6.54 Å². The van der Waals surface area contributed by atoms with Crippen molar-refractivity contribution in [1.82, 2.24) is 10.3 Å². The van der Waals surface area contributed by atoms with Crippen molar-refractivity contribution >= 4 is 28.9 Å². The van der Waals surface area contributed by atoms with Crippen LogP contribution in [0.1, 0.15) is 36.2 Å². The minimum atomic E-state index is -0.325. The number of carbonyl (C=O) groups is 2. The van der Waals surface area contributed by atoms with Crippen molar-refractivity contribution in [3.8, 4) is 0 Å². The number of nitrogens with one attached hydrogen (secondary N) is 1. The lowest BCUT2D eigenvalue weighted by atomic mass is 10.0. The van der Waals surface area contributed by atoms with E-state index in [0.717, 1.165) is 16.2 Å². The van der Waals surface area contributed by atoms with Gasteiger partial charge in [0.25, 0.3) is 5.91 Å². The summed E-state index contributed by atoms with van der Waals surface area (Å²) in [6.07, 6.45) is 0.873. The van der Waals surface area contributed by atoms with Crippen LogP contribution in [0.2, 0.25) is 0 Å². The van der Waals surface area contributed by atoms with Gasteiger partial charge < -0.3 is 5.32 Å². The lowest BCUT2D eigenvalue weighted by Crippen LogP contribution is -2.37. The molecule has 0 aliphatic carbocycles. The average molecular weight is 359 g/mol. The Balaban J connectivity index is 1.84. The van der Waals surface area contributed by atoms with Crippen molar-refractivity contribution < 1.29 is 14.0 Å². The zero-order valence-electron chi connectivity index (χ0n) is 13.7. The van der Waals surface area contributed by atoms with Gasteiger partial charge in [-0.15, -0.1) is 11.3 Å². The molecule has 0 saturated heterocycles. The molecular weight excluding hydrogens is 341 g/mol. The van der Waals surface area contributed by atoms with Crippen LogP contribution in [0.4, 0.5) is 4.39 Å². The first kappa shape index (κ1) is 17.3. The summed E-state index contributed by atoms with van der Waals surface area (Å²) in [7, 11) is 0. The van der Waals surface area contributed by atoms with Gasteiger partial charge in [0.1, 0.15) is 5.82 Å². The summed E-state index contributed by atoms with van der Waals surface area (Å²) >= 11 is 1.56. The van der Waals surface area contributed by atoms with Gasteiger partial charge in [-0.25, -0.2) is 9.40 Å². The van der Waals surface area contributed by atoms with Gasteiger partial charge in [0.2, 0.25) is 5.91 Å². The summed E-state index contributed by atoms with van der Waals surface area (Å²) in [4.78, 5) is 25.0. The maximum atomic E-state index is 13.2. The molecule has 0 spiro atoms. The molecule has 2 aromatic rings.